The minimum absolute atomic E-state index is 0.208. The lowest BCUT2D eigenvalue weighted by Crippen LogP contribution is -2.20. The van der Waals surface area contributed by atoms with Gasteiger partial charge in [-0.1, -0.05) is 18.2 Å². The maximum atomic E-state index is 13.1. The molecule has 0 amide bonds. The van der Waals surface area contributed by atoms with E-state index in [0.29, 0.717) is 27.6 Å². The van der Waals surface area contributed by atoms with E-state index in [4.69, 9.17) is 4.74 Å². The molecule has 3 aromatic rings. The summed E-state index contributed by atoms with van der Waals surface area (Å²) in [5.74, 6) is -0.204. The van der Waals surface area contributed by atoms with Crippen molar-refractivity contribution in [2.75, 3.05) is 19.0 Å². The smallest absolute Gasteiger partial charge is 0.340 e. The van der Waals surface area contributed by atoms with Gasteiger partial charge in [0, 0.05) is 18.7 Å². The van der Waals surface area contributed by atoms with Gasteiger partial charge in [0.05, 0.1) is 34.3 Å². The average Bonchev–Trinajstić information content (AvgIpc) is 2.82. The van der Waals surface area contributed by atoms with Crippen LogP contribution < -0.4 is 5.32 Å². The molecule has 2 aromatic carbocycles. The number of anilines is 1. The third-order valence-corrected chi connectivity index (χ3v) is 7.68. The number of aryl methyl sites for hydroxylation is 2. The highest BCUT2D eigenvalue weighted by Crippen LogP contribution is 2.34. The Morgan fingerprint density at radius 3 is 2.75 bits per heavy atom. The molecule has 0 aliphatic heterocycles. The molecule has 32 heavy (non-hydrogen) atoms. The third-order valence-electron chi connectivity index (χ3n) is 5.93. The molecule has 1 N–H and O–H groups in total. The topological polar surface area (TPSA) is 85.4 Å². The fourth-order valence-corrected chi connectivity index (χ4v) is 5.66. The normalized spacial score (nSPS) is 15.6. The van der Waals surface area contributed by atoms with E-state index in [0.717, 1.165) is 36.0 Å². The summed E-state index contributed by atoms with van der Waals surface area (Å²) in [6.45, 7) is 2.50. The van der Waals surface area contributed by atoms with Crippen molar-refractivity contribution in [3.8, 4) is 0 Å². The van der Waals surface area contributed by atoms with Crippen LogP contribution in [0, 0.1) is 6.92 Å². The summed E-state index contributed by atoms with van der Waals surface area (Å²) in [5, 5.41) is 3.33. The summed E-state index contributed by atoms with van der Waals surface area (Å²) in [6, 6.07) is 14.1. The molecule has 0 radical (unpaired) electrons. The molecule has 166 valence electrons. The minimum atomic E-state index is -3.56. The van der Waals surface area contributed by atoms with Crippen molar-refractivity contribution in [1.29, 1.82) is 0 Å². The van der Waals surface area contributed by atoms with Gasteiger partial charge in [0.1, 0.15) is 0 Å². The van der Waals surface area contributed by atoms with Gasteiger partial charge < -0.3 is 10.1 Å². The highest BCUT2D eigenvalue weighted by Gasteiger charge is 2.25. The number of carbonyl (C=O) groups excluding carboxylic acids is 1. The Morgan fingerprint density at radius 2 is 1.97 bits per heavy atom. The Hall–Kier alpha value is -3.19. The number of methoxy groups -OCH3 is 1. The van der Waals surface area contributed by atoms with E-state index in [9.17, 15) is 13.2 Å². The molecule has 0 fully saturated rings. The summed E-state index contributed by atoms with van der Waals surface area (Å²) in [4.78, 5) is 16.8. The Balaban J connectivity index is 1.58. The largest absolute Gasteiger partial charge is 0.465 e. The zero-order valence-electron chi connectivity index (χ0n) is 18.2. The first-order valence-electron chi connectivity index (χ1n) is 10.6. The number of ether oxygens (including phenoxy) is 1. The maximum absolute atomic E-state index is 13.1. The van der Waals surface area contributed by atoms with Crippen molar-refractivity contribution in [1.82, 2.24) is 4.98 Å². The molecule has 0 bridgehead atoms. The SMILES string of the molecule is COC(=O)c1ccncc1NC[C@H]1CCCc2cc(S(=O)(=O)c3cccc(C)c3)ccc21. The Bertz CT molecular complexity index is 1250. The summed E-state index contributed by atoms with van der Waals surface area (Å²) < 4.78 is 31.1. The van der Waals surface area contributed by atoms with Gasteiger partial charge in [-0.15, -0.1) is 0 Å². The minimum Gasteiger partial charge on any atom is -0.465 e. The van der Waals surface area contributed by atoms with E-state index in [1.165, 1.54) is 7.11 Å². The molecule has 1 aliphatic rings. The molecule has 0 saturated carbocycles. The van der Waals surface area contributed by atoms with E-state index in [1.807, 2.05) is 25.1 Å². The molecule has 6 nitrogen and oxygen atoms in total. The molecule has 1 atom stereocenters. The molecular formula is C25H26N2O4S. The number of hydrogen-bond donors (Lipinski definition) is 1. The lowest BCUT2D eigenvalue weighted by molar-refractivity contribution is 0.0601. The second-order valence-corrected chi connectivity index (χ2v) is 10.0. The number of hydrogen-bond acceptors (Lipinski definition) is 6. The zero-order chi connectivity index (χ0) is 22.7. The first-order valence-corrected chi connectivity index (χ1v) is 12.1. The van der Waals surface area contributed by atoms with Crippen LogP contribution in [0.1, 0.15) is 45.8 Å². The lowest BCUT2D eigenvalue weighted by Gasteiger charge is -2.27. The molecule has 0 saturated heterocycles. The number of benzene rings is 2. The first kappa shape index (κ1) is 22.0. The van der Waals surface area contributed by atoms with Crippen LogP contribution in [0.15, 0.2) is 70.7 Å². The molecule has 1 aliphatic carbocycles. The predicted molar refractivity (Wildman–Crippen MR) is 123 cm³/mol. The van der Waals surface area contributed by atoms with Crippen molar-refractivity contribution in [2.45, 2.75) is 41.9 Å². The number of esters is 1. The fourth-order valence-electron chi connectivity index (χ4n) is 4.25. The second-order valence-electron chi connectivity index (χ2n) is 8.06. The van der Waals surface area contributed by atoms with Crippen molar-refractivity contribution in [3.63, 3.8) is 0 Å². The number of rotatable bonds is 6. The van der Waals surface area contributed by atoms with Crippen LogP contribution in [0.4, 0.5) is 5.69 Å². The monoisotopic (exact) mass is 450 g/mol. The molecule has 4 rings (SSSR count). The maximum Gasteiger partial charge on any atom is 0.340 e. The lowest BCUT2D eigenvalue weighted by atomic mass is 9.83. The fraction of sp³-hybridized carbons (Fsp3) is 0.280. The molecule has 1 heterocycles. The Kier molecular flexibility index (Phi) is 6.28. The number of sulfone groups is 1. The van der Waals surface area contributed by atoms with Gasteiger partial charge in [0.2, 0.25) is 9.84 Å². The van der Waals surface area contributed by atoms with E-state index < -0.39 is 15.8 Å². The summed E-state index contributed by atoms with van der Waals surface area (Å²) in [7, 11) is -2.21. The number of nitrogens with zero attached hydrogens (tertiary/aromatic N) is 1. The summed E-state index contributed by atoms with van der Waals surface area (Å²) in [6.07, 6.45) is 5.99. The van der Waals surface area contributed by atoms with E-state index >= 15 is 0 Å². The van der Waals surface area contributed by atoms with Crippen molar-refractivity contribution in [2.24, 2.45) is 0 Å². The standard InChI is InChI=1S/C25H26N2O4S/c1-17-5-3-8-20(13-17)32(29,30)21-9-10-22-18(14-21)6-4-7-19(22)15-27-24-16-26-12-11-23(24)25(28)31-2/h3,5,8-14,16,19,27H,4,6-7,15H2,1-2H3/t19-/m1/s1. The van der Waals surface area contributed by atoms with Gasteiger partial charge in [-0.2, -0.15) is 0 Å². The number of fused-ring (bicyclic) bond motifs is 1. The van der Waals surface area contributed by atoms with Crippen LogP contribution >= 0.6 is 0 Å². The predicted octanol–water partition coefficient (Wildman–Crippen LogP) is 4.54. The van der Waals surface area contributed by atoms with Crippen LogP contribution in [0.3, 0.4) is 0 Å². The highest BCUT2D eigenvalue weighted by atomic mass is 32.2. The first-order chi connectivity index (χ1) is 15.4. The van der Waals surface area contributed by atoms with E-state index in [1.54, 1.807) is 42.7 Å². The van der Waals surface area contributed by atoms with E-state index in [-0.39, 0.29) is 5.92 Å². The molecule has 1 aromatic heterocycles. The van der Waals surface area contributed by atoms with Crippen LogP contribution in [0.25, 0.3) is 0 Å². The van der Waals surface area contributed by atoms with Crippen molar-refractivity contribution < 1.29 is 17.9 Å². The molecule has 0 spiro atoms. The Labute approximate surface area is 188 Å². The van der Waals surface area contributed by atoms with Crippen LogP contribution in [0.2, 0.25) is 0 Å². The van der Waals surface area contributed by atoms with Crippen LogP contribution in [-0.4, -0.2) is 33.0 Å². The van der Waals surface area contributed by atoms with Crippen molar-refractivity contribution in [3.05, 3.63) is 83.2 Å². The summed E-state index contributed by atoms with van der Waals surface area (Å²) in [5.41, 5.74) is 4.20. The average molecular weight is 451 g/mol. The van der Waals surface area contributed by atoms with E-state index in [2.05, 4.69) is 10.3 Å². The highest BCUT2D eigenvalue weighted by molar-refractivity contribution is 7.91. The number of pyridine rings is 1. The van der Waals surface area contributed by atoms with Gasteiger partial charge in [-0.05, 0) is 73.2 Å². The number of carbonyl (C=O) groups is 1. The van der Waals surface area contributed by atoms with Gasteiger partial charge in [-0.3, -0.25) is 4.98 Å². The van der Waals surface area contributed by atoms with Gasteiger partial charge in [-0.25, -0.2) is 13.2 Å². The number of aromatic nitrogens is 1. The van der Waals surface area contributed by atoms with Gasteiger partial charge >= 0.3 is 5.97 Å². The van der Waals surface area contributed by atoms with Gasteiger partial charge in [0.25, 0.3) is 0 Å². The van der Waals surface area contributed by atoms with Gasteiger partial charge in [0.15, 0.2) is 0 Å². The zero-order valence-corrected chi connectivity index (χ0v) is 19.0. The van der Waals surface area contributed by atoms with Crippen molar-refractivity contribution >= 4 is 21.5 Å². The summed E-state index contributed by atoms with van der Waals surface area (Å²) >= 11 is 0. The quantitative estimate of drug-likeness (QED) is 0.555. The van der Waals surface area contributed by atoms with Crippen LogP contribution in [-0.2, 0) is 21.0 Å². The molecule has 0 unspecified atom stereocenters. The second kappa shape index (κ2) is 9.12. The Morgan fingerprint density at radius 1 is 1.16 bits per heavy atom. The van der Waals surface area contributed by atoms with Crippen LogP contribution in [0.5, 0.6) is 0 Å². The third kappa shape index (κ3) is 4.39. The number of nitrogens with one attached hydrogen (secondary N) is 1. The molecular weight excluding hydrogens is 424 g/mol. The molecule has 7 heteroatoms.